The molecule has 1 aliphatic heterocycles. The first-order chi connectivity index (χ1) is 8.08. The number of nitrogens with one attached hydrogen (secondary N) is 2. The predicted octanol–water partition coefficient (Wildman–Crippen LogP) is 0.354. The molecule has 3 N–H and O–H groups in total. The van der Waals surface area contributed by atoms with E-state index >= 15 is 0 Å². The first kappa shape index (κ1) is 12.4. The fourth-order valence-electron chi connectivity index (χ4n) is 2.81. The van der Waals surface area contributed by atoms with Gasteiger partial charge in [0.2, 0.25) is 5.91 Å². The number of aliphatic carboxylic acids is 1. The van der Waals surface area contributed by atoms with Crippen molar-refractivity contribution in [3.05, 3.63) is 0 Å². The largest absolute Gasteiger partial charge is 0.481 e. The molecule has 5 nitrogen and oxygen atoms in total. The van der Waals surface area contributed by atoms with Crippen LogP contribution in [-0.4, -0.2) is 35.6 Å². The number of carboxylic acids is 1. The van der Waals surface area contributed by atoms with Gasteiger partial charge in [0.05, 0.1) is 12.0 Å². The van der Waals surface area contributed by atoms with Crippen LogP contribution < -0.4 is 10.6 Å². The molecular weight excluding hydrogens is 220 g/mol. The molecule has 1 saturated heterocycles. The Morgan fingerprint density at radius 2 is 2.06 bits per heavy atom. The third-order valence-corrected chi connectivity index (χ3v) is 3.94. The van der Waals surface area contributed by atoms with Crippen LogP contribution in [0.1, 0.15) is 32.6 Å². The van der Waals surface area contributed by atoms with E-state index in [2.05, 4.69) is 17.6 Å². The van der Waals surface area contributed by atoms with Crippen molar-refractivity contribution in [1.29, 1.82) is 0 Å². The first-order valence-corrected chi connectivity index (χ1v) is 6.34. The van der Waals surface area contributed by atoms with Crippen LogP contribution in [0, 0.1) is 11.8 Å². The van der Waals surface area contributed by atoms with Crippen LogP contribution in [0.25, 0.3) is 0 Å². The molecule has 0 aromatic rings. The second-order valence-corrected chi connectivity index (χ2v) is 5.25. The predicted molar refractivity (Wildman–Crippen MR) is 62.5 cm³/mol. The molecule has 96 valence electrons. The van der Waals surface area contributed by atoms with Crippen molar-refractivity contribution >= 4 is 11.9 Å². The second-order valence-electron chi connectivity index (χ2n) is 5.25. The van der Waals surface area contributed by atoms with Crippen LogP contribution in [0.2, 0.25) is 0 Å². The fraction of sp³-hybridized carbons (Fsp3) is 0.833. The lowest BCUT2D eigenvalue weighted by Crippen LogP contribution is -2.46. The van der Waals surface area contributed by atoms with E-state index < -0.39 is 5.97 Å². The maximum absolute atomic E-state index is 12.0. The monoisotopic (exact) mass is 240 g/mol. The Bertz CT molecular complexity index is 319. The molecule has 0 radical (unpaired) electrons. The van der Waals surface area contributed by atoms with Crippen molar-refractivity contribution in [2.24, 2.45) is 11.8 Å². The summed E-state index contributed by atoms with van der Waals surface area (Å²) < 4.78 is 0. The molecule has 5 heteroatoms. The summed E-state index contributed by atoms with van der Waals surface area (Å²) in [7, 11) is 0. The molecule has 1 saturated carbocycles. The van der Waals surface area contributed by atoms with E-state index in [4.69, 9.17) is 5.11 Å². The van der Waals surface area contributed by atoms with Gasteiger partial charge in [-0.1, -0.05) is 6.92 Å². The SMILES string of the molecule is CC1CCNC1C(=O)NC1CCC(C(=O)O)C1. The molecule has 4 unspecified atom stereocenters. The first-order valence-electron chi connectivity index (χ1n) is 6.34. The Kier molecular flexibility index (Phi) is 3.66. The Balaban J connectivity index is 1.82. The summed E-state index contributed by atoms with van der Waals surface area (Å²) in [5.41, 5.74) is 0. The summed E-state index contributed by atoms with van der Waals surface area (Å²) in [6.45, 7) is 2.96. The number of hydrogen-bond acceptors (Lipinski definition) is 3. The van der Waals surface area contributed by atoms with E-state index in [0.717, 1.165) is 19.4 Å². The number of carbonyl (C=O) groups excluding carboxylic acids is 1. The number of hydrogen-bond donors (Lipinski definition) is 3. The van der Waals surface area contributed by atoms with Crippen LogP contribution in [0.5, 0.6) is 0 Å². The van der Waals surface area contributed by atoms with Crippen LogP contribution in [-0.2, 0) is 9.59 Å². The zero-order valence-electron chi connectivity index (χ0n) is 10.1. The van der Waals surface area contributed by atoms with Crippen LogP contribution in [0.4, 0.5) is 0 Å². The summed E-state index contributed by atoms with van der Waals surface area (Å²) in [4.78, 5) is 22.8. The molecule has 0 aromatic heterocycles. The average Bonchev–Trinajstić information content (AvgIpc) is 2.86. The van der Waals surface area contributed by atoms with Crippen molar-refractivity contribution in [3.8, 4) is 0 Å². The van der Waals surface area contributed by atoms with Gasteiger partial charge in [0.1, 0.15) is 0 Å². The zero-order valence-corrected chi connectivity index (χ0v) is 10.1. The summed E-state index contributed by atoms with van der Waals surface area (Å²) in [6.07, 6.45) is 3.06. The summed E-state index contributed by atoms with van der Waals surface area (Å²) in [5.74, 6) is -0.624. The van der Waals surface area contributed by atoms with E-state index in [1.165, 1.54) is 0 Å². The standard InChI is InChI=1S/C12H20N2O3/c1-7-4-5-13-10(7)11(15)14-9-3-2-8(6-9)12(16)17/h7-10,13H,2-6H2,1H3,(H,14,15)(H,16,17). The summed E-state index contributed by atoms with van der Waals surface area (Å²) >= 11 is 0. The molecule has 17 heavy (non-hydrogen) atoms. The molecule has 1 amide bonds. The van der Waals surface area contributed by atoms with Crippen molar-refractivity contribution in [1.82, 2.24) is 10.6 Å². The Labute approximate surface area is 101 Å². The quantitative estimate of drug-likeness (QED) is 0.665. The van der Waals surface area contributed by atoms with Crippen LogP contribution in [0.15, 0.2) is 0 Å². The van der Waals surface area contributed by atoms with Gasteiger partial charge in [0, 0.05) is 6.04 Å². The van der Waals surface area contributed by atoms with Gasteiger partial charge in [-0.2, -0.15) is 0 Å². The average molecular weight is 240 g/mol. The highest BCUT2D eigenvalue weighted by Gasteiger charge is 2.34. The van der Waals surface area contributed by atoms with E-state index in [1.807, 2.05) is 0 Å². The highest BCUT2D eigenvalue weighted by atomic mass is 16.4. The third-order valence-electron chi connectivity index (χ3n) is 3.94. The molecule has 1 heterocycles. The number of rotatable bonds is 3. The lowest BCUT2D eigenvalue weighted by atomic mass is 10.0. The van der Waals surface area contributed by atoms with Gasteiger partial charge in [-0.15, -0.1) is 0 Å². The Hall–Kier alpha value is -1.10. The lowest BCUT2D eigenvalue weighted by Gasteiger charge is -2.19. The summed E-state index contributed by atoms with van der Waals surface area (Å²) in [5, 5.41) is 15.1. The minimum absolute atomic E-state index is 0.0334. The number of amides is 1. The number of carboxylic acid groups (broad SMARTS) is 1. The fourth-order valence-corrected chi connectivity index (χ4v) is 2.81. The van der Waals surface area contributed by atoms with Crippen molar-refractivity contribution in [2.45, 2.75) is 44.7 Å². The third kappa shape index (κ3) is 2.77. The van der Waals surface area contributed by atoms with Gasteiger partial charge in [-0.3, -0.25) is 9.59 Å². The van der Waals surface area contributed by atoms with Gasteiger partial charge in [-0.05, 0) is 38.1 Å². The van der Waals surface area contributed by atoms with Gasteiger partial charge >= 0.3 is 5.97 Å². The molecular formula is C12H20N2O3. The minimum Gasteiger partial charge on any atom is -0.481 e. The highest BCUT2D eigenvalue weighted by molar-refractivity contribution is 5.82. The van der Waals surface area contributed by atoms with Gasteiger partial charge in [-0.25, -0.2) is 0 Å². The maximum atomic E-state index is 12.0. The van der Waals surface area contributed by atoms with Crippen LogP contribution >= 0.6 is 0 Å². The molecule has 0 aromatic carbocycles. The Morgan fingerprint density at radius 3 is 2.59 bits per heavy atom. The van der Waals surface area contributed by atoms with Crippen molar-refractivity contribution in [3.63, 3.8) is 0 Å². The van der Waals surface area contributed by atoms with Crippen molar-refractivity contribution < 1.29 is 14.7 Å². The molecule has 2 fully saturated rings. The van der Waals surface area contributed by atoms with Crippen molar-refractivity contribution in [2.75, 3.05) is 6.54 Å². The molecule has 2 rings (SSSR count). The molecule has 0 bridgehead atoms. The topological polar surface area (TPSA) is 78.4 Å². The summed E-state index contributed by atoms with van der Waals surface area (Å²) in [6, 6.07) is -0.0583. The van der Waals surface area contributed by atoms with E-state index in [1.54, 1.807) is 0 Å². The van der Waals surface area contributed by atoms with Gasteiger partial charge in [0.25, 0.3) is 0 Å². The van der Waals surface area contributed by atoms with Gasteiger partial charge in [0.15, 0.2) is 0 Å². The smallest absolute Gasteiger partial charge is 0.306 e. The zero-order chi connectivity index (χ0) is 12.4. The van der Waals surface area contributed by atoms with Crippen LogP contribution in [0.3, 0.4) is 0 Å². The molecule has 1 aliphatic carbocycles. The molecule has 4 atom stereocenters. The Morgan fingerprint density at radius 1 is 1.29 bits per heavy atom. The highest BCUT2D eigenvalue weighted by Crippen LogP contribution is 2.26. The van der Waals surface area contributed by atoms with Gasteiger partial charge < -0.3 is 15.7 Å². The molecule has 2 aliphatic rings. The minimum atomic E-state index is -0.742. The molecule has 0 spiro atoms. The maximum Gasteiger partial charge on any atom is 0.306 e. The van der Waals surface area contributed by atoms with E-state index in [-0.39, 0.29) is 23.9 Å². The van der Waals surface area contributed by atoms with E-state index in [0.29, 0.717) is 18.8 Å². The normalized spacial score (nSPS) is 37.0. The second kappa shape index (κ2) is 5.04. The number of carbonyl (C=O) groups is 2. The van der Waals surface area contributed by atoms with E-state index in [9.17, 15) is 9.59 Å². The lowest BCUT2D eigenvalue weighted by molar-refractivity contribution is -0.141.